The van der Waals surface area contributed by atoms with Crippen molar-refractivity contribution in [1.82, 2.24) is 9.59 Å². The molecular formula is C13H7Cl2N3OS. The van der Waals surface area contributed by atoms with Crippen molar-refractivity contribution in [3.8, 4) is 0 Å². The zero-order valence-electron chi connectivity index (χ0n) is 9.93. The van der Waals surface area contributed by atoms with E-state index in [1.807, 2.05) is 6.07 Å². The molecule has 4 nitrogen and oxygen atoms in total. The van der Waals surface area contributed by atoms with E-state index in [9.17, 15) is 4.79 Å². The first-order valence-electron chi connectivity index (χ1n) is 5.62. The van der Waals surface area contributed by atoms with Crippen molar-refractivity contribution in [2.75, 3.05) is 5.32 Å². The molecule has 7 heteroatoms. The Labute approximate surface area is 128 Å². The van der Waals surface area contributed by atoms with Gasteiger partial charge in [0.1, 0.15) is 5.52 Å². The van der Waals surface area contributed by atoms with Crippen LogP contribution >= 0.6 is 34.7 Å². The first kappa shape index (κ1) is 13.3. The number of rotatable bonds is 2. The lowest BCUT2D eigenvalue weighted by Gasteiger charge is -2.06. The van der Waals surface area contributed by atoms with Crippen LogP contribution in [0.4, 0.5) is 5.69 Å². The summed E-state index contributed by atoms with van der Waals surface area (Å²) < 4.78 is 4.78. The molecule has 2 aromatic carbocycles. The fourth-order valence-corrected chi connectivity index (χ4v) is 2.54. The van der Waals surface area contributed by atoms with E-state index >= 15 is 0 Å². The van der Waals surface area contributed by atoms with E-state index < -0.39 is 0 Å². The lowest BCUT2D eigenvalue weighted by Crippen LogP contribution is -2.11. The lowest BCUT2D eigenvalue weighted by atomic mass is 10.2. The SMILES string of the molecule is O=C(Nc1ccc(Cl)c(Cl)c1)c1ccc2snnc2c1. The van der Waals surface area contributed by atoms with E-state index in [4.69, 9.17) is 23.2 Å². The van der Waals surface area contributed by atoms with Gasteiger partial charge >= 0.3 is 0 Å². The summed E-state index contributed by atoms with van der Waals surface area (Å²) in [5.41, 5.74) is 1.80. The van der Waals surface area contributed by atoms with E-state index in [0.717, 1.165) is 4.70 Å². The van der Waals surface area contributed by atoms with Gasteiger partial charge in [-0.05, 0) is 47.9 Å². The lowest BCUT2D eigenvalue weighted by molar-refractivity contribution is 0.102. The number of carbonyl (C=O) groups is 1. The van der Waals surface area contributed by atoms with Gasteiger partial charge in [-0.25, -0.2) is 0 Å². The molecule has 100 valence electrons. The Morgan fingerprint density at radius 1 is 1.10 bits per heavy atom. The van der Waals surface area contributed by atoms with Crippen molar-refractivity contribution in [3.05, 3.63) is 52.0 Å². The Kier molecular flexibility index (Phi) is 3.56. The van der Waals surface area contributed by atoms with E-state index in [2.05, 4.69) is 14.9 Å². The molecule has 1 heterocycles. The molecule has 0 fully saturated rings. The summed E-state index contributed by atoms with van der Waals surface area (Å²) >= 11 is 13.0. The fourth-order valence-electron chi connectivity index (χ4n) is 1.70. The molecule has 0 unspecified atom stereocenters. The molecule has 0 bridgehead atoms. The summed E-state index contributed by atoms with van der Waals surface area (Å²) in [6.45, 7) is 0. The molecule has 3 aromatic rings. The highest BCUT2D eigenvalue weighted by Crippen LogP contribution is 2.25. The predicted molar refractivity (Wildman–Crippen MR) is 81.8 cm³/mol. The number of aromatic nitrogens is 2. The van der Waals surface area contributed by atoms with Crippen LogP contribution in [0.1, 0.15) is 10.4 Å². The summed E-state index contributed by atoms with van der Waals surface area (Å²) in [6.07, 6.45) is 0. The van der Waals surface area contributed by atoms with Crippen LogP contribution in [0, 0.1) is 0 Å². The van der Waals surface area contributed by atoms with Gasteiger partial charge in [0.05, 0.1) is 14.7 Å². The number of fused-ring (bicyclic) bond motifs is 1. The topological polar surface area (TPSA) is 54.9 Å². The van der Waals surface area contributed by atoms with Crippen molar-refractivity contribution < 1.29 is 4.79 Å². The number of hydrogen-bond acceptors (Lipinski definition) is 4. The third kappa shape index (κ3) is 2.60. The number of carbonyl (C=O) groups excluding carboxylic acids is 1. The molecule has 3 rings (SSSR count). The summed E-state index contributed by atoms with van der Waals surface area (Å²) in [4.78, 5) is 12.1. The second kappa shape index (κ2) is 5.36. The van der Waals surface area contributed by atoms with Gasteiger partial charge in [0.25, 0.3) is 5.91 Å². The van der Waals surface area contributed by atoms with Crippen LogP contribution in [-0.2, 0) is 0 Å². The van der Waals surface area contributed by atoms with Crippen LogP contribution in [0.3, 0.4) is 0 Å². The Balaban J connectivity index is 1.86. The predicted octanol–water partition coefficient (Wildman–Crippen LogP) is 4.25. The molecule has 0 saturated heterocycles. The Morgan fingerprint density at radius 2 is 1.95 bits per heavy atom. The molecule has 0 aliphatic rings. The monoisotopic (exact) mass is 323 g/mol. The third-order valence-electron chi connectivity index (χ3n) is 2.69. The van der Waals surface area contributed by atoms with Gasteiger partial charge in [0.2, 0.25) is 0 Å². The molecule has 0 atom stereocenters. The normalized spacial score (nSPS) is 10.7. The average Bonchev–Trinajstić information content (AvgIpc) is 2.90. The molecule has 0 aliphatic heterocycles. The first-order chi connectivity index (χ1) is 9.63. The highest BCUT2D eigenvalue weighted by Gasteiger charge is 2.09. The largest absolute Gasteiger partial charge is 0.322 e. The van der Waals surface area contributed by atoms with Gasteiger partial charge in [-0.3, -0.25) is 4.79 Å². The molecule has 1 aromatic heterocycles. The number of amides is 1. The van der Waals surface area contributed by atoms with Gasteiger partial charge in [0.15, 0.2) is 0 Å². The standard InChI is InChI=1S/C13H7Cl2N3OS/c14-9-3-2-8(6-10(9)15)16-13(19)7-1-4-12-11(5-7)17-18-20-12/h1-6H,(H,16,19). The minimum atomic E-state index is -0.238. The number of anilines is 1. The van der Waals surface area contributed by atoms with Crippen LogP contribution in [0.2, 0.25) is 10.0 Å². The second-order valence-corrected chi connectivity index (χ2v) is 5.64. The van der Waals surface area contributed by atoms with Crippen molar-refractivity contribution in [1.29, 1.82) is 0 Å². The van der Waals surface area contributed by atoms with Crippen molar-refractivity contribution in [3.63, 3.8) is 0 Å². The van der Waals surface area contributed by atoms with Gasteiger partial charge in [-0.2, -0.15) is 0 Å². The molecule has 1 amide bonds. The number of benzene rings is 2. The fraction of sp³-hybridized carbons (Fsp3) is 0. The van der Waals surface area contributed by atoms with Gasteiger partial charge in [-0.15, -0.1) is 5.10 Å². The quantitative estimate of drug-likeness (QED) is 0.767. The maximum absolute atomic E-state index is 12.1. The highest BCUT2D eigenvalue weighted by molar-refractivity contribution is 7.12. The molecule has 0 aliphatic carbocycles. The van der Waals surface area contributed by atoms with Crippen LogP contribution in [0.25, 0.3) is 10.2 Å². The molecule has 20 heavy (non-hydrogen) atoms. The zero-order chi connectivity index (χ0) is 14.1. The number of nitrogens with zero attached hydrogens (tertiary/aromatic N) is 2. The van der Waals surface area contributed by atoms with Gasteiger partial charge < -0.3 is 5.32 Å². The summed E-state index contributed by atoms with van der Waals surface area (Å²) in [6, 6.07) is 10.2. The number of halogens is 2. The van der Waals surface area contributed by atoms with E-state index in [-0.39, 0.29) is 5.91 Å². The summed E-state index contributed by atoms with van der Waals surface area (Å²) in [5, 5.41) is 7.54. The van der Waals surface area contributed by atoms with Crippen molar-refractivity contribution >= 4 is 56.5 Å². The minimum absolute atomic E-state index is 0.238. The smallest absolute Gasteiger partial charge is 0.255 e. The van der Waals surface area contributed by atoms with Gasteiger partial charge in [-0.1, -0.05) is 27.7 Å². The summed E-state index contributed by atoms with van der Waals surface area (Å²) in [5.74, 6) is -0.238. The van der Waals surface area contributed by atoms with E-state index in [0.29, 0.717) is 26.8 Å². The highest BCUT2D eigenvalue weighted by atomic mass is 35.5. The number of hydrogen-bond donors (Lipinski definition) is 1. The molecule has 0 saturated carbocycles. The molecule has 0 radical (unpaired) electrons. The maximum Gasteiger partial charge on any atom is 0.255 e. The Hall–Kier alpha value is -1.69. The van der Waals surface area contributed by atoms with Gasteiger partial charge in [0, 0.05) is 11.3 Å². The van der Waals surface area contributed by atoms with E-state index in [1.165, 1.54) is 11.5 Å². The van der Waals surface area contributed by atoms with Crippen molar-refractivity contribution in [2.24, 2.45) is 0 Å². The number of nitrogens with one attached hydrogen (secondary N) is 1. The molecule has 0 spiro atoms. The molecular weight excluding hydrogens is 317 g/mol. The molecule has 1 N–H and O–H groups in total. The Morgan fingerprint density at radius 3 is 2.75 bits per heavy atom. The van der Waals surface area contributed by atoms with E-state index in [1.54, 1.807) is 30.3 Å². The third-order valence-corrected chi connectivity index (χ3v) is 4.13. The van der Waals surface area contributed by atoms with Crippen LogP contribution < -0.4 is 5.32 Å². The van der Waals surface area contributed by atoms with Crippen LogP contribution in [-0.4, -0.2) is 15.5 Å². The Bertz CT molecular complexity index is 803. The minimum Gasteiger partial charge on any atom is -0.322 e. The summed E-state index contributed by atoms with van der Waals surface area (Å²) in [7, 11) is 0. The zero-order valence-corrected chi connectivity index (χ0v) is 12.3. The average molecular weight is 324 g/mol. The van der Waals surface area contributed by atoms with Crippen LogP contribution in [0.5, 0.6) is 0 Å². The van der Waals surface area contributed by atoms with Crippen molar-refractivity contribution in [2.45, 2.75) is 0 Å². The first-order valence-corrected chi connectivity index (χ1v) is 7.15. The second-order valence-electron chi connectivity index (χ2n) is 4.04. The van der Waals surface area contributed by atoms with Crippen LogP contribution in [0.15, 0.2) is 36.4 Å². The maximum atomic E-state index is 12.1.